The molecule has 0 unspecified atom stereocenters. The highest BCUT2D eigenvalue weighted by Crippen LogP contribution is 2.27. The van der Waals surface area contributed by atoms with Crippen LogP contribution in [-0.4, -0.2) is 17.3 Å². The quantitative estimate of drug-likeness (QED) is 0.651. The summed E-state index contributed by atoms with van der Waals surface area (Å²) >= 11 is 1.17. The lowest BCUT2D eigenvalue weighted by Crippen LogP contribution is -2.02. The summed E-state index contributed by atoms with van der Waals surface area (Å²) < 4.78 is 12.8. The fourth-order valence-electron chi connectivity index (χ4n) is 1.46. The molecule has 0 spiro atoms. The van der Waals surface area contributed by atoms with Gasteiger partial charge in [0, 0.05) is 12.1 Å². The molecule has 0 radical (unpaired) electrons. The van der Waals surface area contributed by atoms with Gasteiger partial charge in [0.1, 0.15) is 16.5 Å². The van der Waals surface area contributed by atoms with E-state index in [9.17, 15) is 9.18 Å². The molecule has 19 heavy (non-hydrogen) atoms. The van der Waals surface area contributed by atoms with E-state index in [1.54, 1.807) is 6.08 Å². The van der Waals surface area contributed by atoms with E-state index in [0.29, 0.717) is 22.1 Å². The largest absolute Gasteiger partial charge is 0.382 e. The molecule has 0 aliphatic rings. The Kier molecular flexibility index (Phi) is 3.91. The lowest BCUT2D eigenvalue weighted by molar-refractivity contribution is 0.104. The number of carbonyl (C=O) groups excluding carboxylic acids is 1. The van der Waals surface area contributed by atoms with Gasteiger partial charge in [-0.2, -0.15) is 0 Å². The Labute approximate surface area is 113 Å². The molecule has 6 heteroatoms. The maximum atomic E-state index is 12.8. The molecule has 0 atom stereocenters. The molecule has 3 N–H and O–H groups in total. The third-order valence-corrected chi connectivity index (χ3v) is 3.39. The highest BCUT2D eigenvalue weighted by atomic mass is 32.1. The number of ketones is 1. The number of thiazole rings is 1. The molecule has 0 amide bonds. The van der Waals surface area contributed by atoms with Crippen LogP contribution in [0, 0.1) is 5.82 Å². The van der Waals surface area contributed by atoms with E-state index in [0.717, 1.165) is 0 Å². The maximum Gasteiger partial charge on any atom is 0.206 e. The third kappa shape index (κ3) is 2.97. The van der Waals surface area contributed by atoms with Crippen LogP contribution < -0.4 is 11.1 Å². The van der Waals surface area contributed by atoms with Crippen molar-refractivity contribution in [3.8, 4) is 0 Å². The minimum Gasteiger partial charge on any atom is -0.382 e. The zero-order chi connectivity index (χ0) is 13.8. The van der Waals surface area contributed by atoms with Gasteiger partial charge in [0.05, 0.1) is 0 Å². The number of aromatic nitrogens is 1. The fraction of sp³-hybridized carbons (Fsp3) is 0.0769. The van der Waals surface area contributed by atoms with Crippen LogP contribution in [0.5, 0.6) is 0 Å². The second kappa shape index (κ2) is 5.62. The Hall–Kier alpha value is -2.21. The SMILES string of the molecule is C=CCNc1nc(N)c(C(=O)c2ccc(F)cc2)s1. The van der Waals surface area contributed by atoms with Crippen molar-refractivity contribution in [2.24, 2.45) is 0 Å². The van der Waals surface area contributed by atoms with Crippen molar-refractivity contribution >= 4 is 28.1 Å². The summed E-state index contributed by atoms with van der Waals surface area (Å²) in [6, 6.07) is 5.32. The molecule has 1 heterocycles. The maximum absolute atomic E-state index is 12.8. The Morgan fingerprint density at radius 2 is 2.16 bits per heavy atom. The van der Waals surface area contributed by atoms with Gasteiger partial charge in [-0.25, -0.2) is 9.37 Å². The van der Waals surface area contributed by atoms with Crippen molar-refractivity contribution < 1.29 is 9.18 Å². The minimum absolute atomic E-state index is 0.172. The van der Waals surface area contributed by atoms with Crippen LogP contribution >= 0.6 is 11.3 Å². The van der Waals surface area contributed by atoms with E-state index < -0.39 is 0 Å². The number of halogens is 1. The van der Waals surface area contributed by atoms with E-state index in [2.05, 4.69) is 16.9 Å². The molecule has 2 rings (SSSR count). The van der Waals surface area contributed by atoms with Crippen molar-refractivity contribution in [1.82, 2.24) is 4.98 Å². The first-order valence-corrected chi connectivity index (χ1v) is 6.35. The fourth-order valence-corrected chi connectivity index (χ4v) is 2.32. The van der Waals surface area contributed by atoms with Crippen molar-refractivity contribution in [2.75, 3.05) is 17.6 Å². The first-order valence-electron chi connectivity index (χ1n) is 5.53. The van der Waals surface area contributed by atoms with Gasteiger partial charge in [-0.3, -0.25) is 4.79 Å². The molecule has 2 aromatic rings. The summed E-state index contributed by atoms with van der Waals surface area (Å²) in [4.78, 5) is 16.6. The summed E-state index contributed by atoms with van der Waals surface area (Å²) in [5, 5.41) is 3.53. The number of hydrogen-bond donors (Lipinski definition) is 2. The van der Waals surface area contributed by atoms with Crippen LogP contribution in [0.4, 0.5) is 15.3 Å². The van der Waals surface area contributed by atoms with Crippen molar-refractivity contribution in [3.05, 3.63) is 53.2 Å². The van der Waals surface area contributed by atoms with Gasteiger partial charge in [0.2, 0.25) is 5.78 Å². The minimum atomic E-state index is -0.387. The standard InChI is InChI=1S/C13H12FN3OS/c1-2-7-16-13-17-12(15)11(19-13)10(18)8-3-5-9(14)6-4-8/h2-6H,1,7,15H2,(H,16,17). The molecule has 1 aromatic carbocycles. The zero-order valence-electron chi connectivity index (χ0n) is 10.0. The van der Waals surface area contributed by atoms with Crippen molar-refractivity contribution in [1.29, 1.82) is 0 Å². The number of nitrogens with one attached hydrogen (secondary N) is 1. The molecule has 1 aromatic heterocycles. The lowest BCUT2D eigenvalue weighted by Gasteiger charge is -1.98. The van der Waals surface area contributed by atoms with Crippen LogP contribution in [-0.2, 0) is 0 Å². The topological polar surface area (TPSA) is 68.0 Å². The van der Waals surface area contributed by atoms with Crippen molar-refractivity contribution in [2.45, 2.75) is 0 Å². The van der Waals surface area contributed by atoms with Crippen LogP contribution in [0.3, 0.4) is 0 Å². The average Bonchev–Trinajstić information content (AvgIpc) is 2.77. The van der Waals surface area contributed by atoms with E-state index in [1.807, 2.05) is 0 Å². The number of carbonyl (C=O) groups is 1. The summed E-state index contributed by atoms with van der Waals surface area (Å²) in [7, 11) is 0. The Morgan fingerprint density at radius 1 is 1.47 bits per heavy atom. The smallest absolute Gasteiger partial charge is 0.206 e. The molecule has 4 nitrogen and oxygen atoms in total. The number of hydrogen-bond acceptors (Lipinski definition) is 5. The summed E-state index contributed by atoms with van der Waals surface area (Å²) in [6.07, 6.45) is 1.68. The van der Waals surface area contributed by atoms with Gasteiger partial charge < -0.3 is 11.1 Å². The molecule has 0 aliphatic carbocycles. The van der Waals surface area contributed by atoms with Gasteiger partial charge >= 0.3 is 0 Å². The second-order valence-corrected chi connectivity index (χ2v) is 4.74. The molecule has 98 valence electrons. The first kappa shape index (κ1) is 13.2. The third-order valence-electron chi connectivity index (χ3n) is 2.36. The summed E-state index contributed by atoms with van der Waals surface area (Å²) in [5.41, 5.74) is 6.10. The number of anilines is 2. The Balaban J connectivity index is 2.25. The lowest BCUT2D eigenvalue weighted by atomic mass is 10.1. The first-order chi connectivity index (χ1) is 9.11. The molecule has 0 saturated heterocycles. The van der Waals surface area contributed by atoms with Crippen LogP contribution in [0.25, 0.3) is 0 Å². The predicted octanol–water partition coefficient (Wildman–Crippen LogP) is 2.69. The van der Waals surface area contributed by atoms with Gasteiger partial charge in [-0.15, -0.1) is 6.58 Å². The number of benzene rings is 1. The highest BCUT2D eigenvalue weighted by molar-refractivity contribution is 7.18. The highest BCUT2D eigenvalue weighted by Gasteiger charge is 2.17. The average molecular weight is 277 g/mol. The van der Waals surface area contributed by atoms with Gasteiger partial charge in [0.25, 0.3) is 0 Å². The Morgan fingerprint density at radius 3 is 2.79 bits per heavy atom. The number of rotatable bonds is 5. The zero-order valence-corrected chi connectivity index (χ0v) is 10.8. The summed E-state index contributed by atoms with van der Waals surface area (Å²) in [6.45, 7) is 4.12. The van der Waals surface area contributed by atoms with E-state index >= 15 is 0 Å². The number of nitrogen functional groups attached to an aromatic ring is 1. The normalized spacial score (nSPS) is 10.2. The molecule has 0 bridgehead atoms. The van der Waals surface area contributed by atoms with Crippen LogP contribution in [0.2, 0.25) is 0 Å². The van der Waals surface area contributed by atoms with Gasteiger partial charge in [-0.05, 0) is 24.3 Å². The van der Waals surface area contributed by atoms with Gasteiger partial charge in [0.15, 0.2) is 5.13 Å². The van der Waals surface area contributed by atoms with Crippen LogP contribution in [0.1, 0.15) is 15.2 Å². The second-order valence-electron chi connectivity index (χ2n) is 3.74. The molecular formula is C13H12FN3OS. The molecule has 0 saturated carbocycles. The summed E-state index contributed by atoms with van der Waals surface area (Å²) in [5.74, 6) is -0.477. The Bertz CT molecular complexity index is 607. The van der Waals surface area contributed by atoms with Crippen LogP contribution in [0.15, 0.2) is 36.9 Å². The number of nitrogens with zero attached hydrogens (tertiary/aromatic N) is 1. The molecule has 0 fully saturated rings. The number of nitrogens with two attached hydrogens (primary N) is 1. The van der Waals surface area contributed by atoms with E-state index in [-0.39, 0.29) is 17.4 Å². The predicted molar refractivity (Wildman–Crippen MR) is 75.0 cm³/mol. The molecular weight excluding hydrogens is 265 g/mol. The van der Waals surface area contributed by atoms with Gasteiger partial charge in [-0.1, -0.05) is 17.4 Å². The van der Waals surface area contributed by atoms with Crippen molar-refractivity contribution in [3.63, 3.8) is 0 Å². The van der Waals surface area contributed by atoms with E-state index in [1.165, 1.54) is 35.6 Å². The molecule has 0 aliphatic heterocycles. The van der Waals surface area contributed by atoms with E-state index in [4.69, 9.17) is 5.73 Å². The monoisotopic (exact) mass is 277 g/mol.